The standard InChI is InChI=1S/C14H16BrFN2O/c15-12-4-3-10(16)6-11(12)14(19)18-5-1-2-9-7-17-8-13(9)18/h3-4,6,9,13,17H,1-2,5,7-8H2. The molecule has 0 saturated carbocycles. The van der Waals surface area contributed by atoms with E-state index in [2.05, 4.69) is 21.2 Å². The highest BCUT2D eigenvalue weighted by Gasteiger charge is 2.37. The van der Waals surface area contributed by atoms with Gasteiger partial charge in [0.25, 0.3) is 5.91 Å². The highest BCUT2D eigenvalue weighted by atomic mass is 79.9. The monoisotopic (exact) mass is 326 g/mol. The molecule has 3 rings (SSSR count). The molecule has 0 aliphatic carbocycles. The lowest BCUT2D eigenvalue weighted by Gasteiger charge is -2.37. The van der Waals surface area contributed by atoms with E-state index in [0.717, 1.165) is 26.1 Å². The van der Waals surface area contributed by atoms with Gasteiger partial charge in [0.15, 0.2) is 0 Å². The number of likely N-dealkylation sites (tertiary alicyclic amines) is 1. The molecule has 3 nitrogen and oxygen atoms in total. The summed E-state index contributed by atoms with van der Waals surface area (Å²) < 4.78 is 14.0. The first-order valence-electron chi connectivity index (χ1n) is 6.63. The zero-order chi connectivity index (χ0) is 13.4. The molecule has 0 bridgehead atoms. The molecular formula is C14H16BrFN2O. The highest BCUT2D eigenvalue weighted by molar-refractivity contribution is 9.10. The molecular weight excluding hydrogens is 311 g/mol. The molecule has 2 fully saturated rings. The topological polar surface area (TPSA) is 32.3 Å². The summed E-state index contributed by atoms with van der Waals surface area (Å²) in [6.07, 6.45) is 2.20. The Balaban J connectivity index is 1.88. The number of carbonyl (C=O) groups is 1. The Bertz CT molecular complexity index is 508. The predicted octanol–water partition coefficient (Wildman–Crippen LogP) is 2.41. The Morgan fingerprint density at radius 2 is 2.26 bits per heavy atom. The molecule has 0 radical (unpaired) electrons. The fourth-order valence-corrected chi connectivity index (χ4v) is 3.55. The molecule has 2 aliphatic heterocycles. The van der Waals surface area contributed by atoms with Crippen molar-refractivity contribution in [2.24, 2.45) is 5.92 Å². The van der Waals surface area contributed by atoms with Crippen molar-refractivity contribution in [3.05, 3.63) is 34.1 Å². The zero-order valence-corrected chi connectivity index (χ0v) is 12.1. The van der Waals surface area contributed by atoms with Crippen LogP contribution < -0.4 is 5.32 Å². The number of halogens is 2. The van der Waals surface area contributed by atoms with Gasteiger partial charge < -0.3 is 10.2 Å². The van der Waals surface area contributed by atoms with Gasteiger partial charge in [0.2, 0.25) is 0 Å². The molecule has 2 aliphatic rings. The largest absolute Gasteiger partial charge is 0.334 e. The van der Waals surface area contributed by atoms with E-state index in [9.17, 15) is 9.18 Å². The van der Waals surface area contributed by atoms with E-state index in [1.165, 1.54) is 18.6 Å². The maximum Gasteiger partial charge on any atom is 0.255 e. The van der Waals surface area contributed by atoms with Crippen molar-refractivity contribution < 1.29 is 9.18 Å². The van der Waals surface area contributed by atoms with E-state index in [1.54, 1.807) is 6.07 Å². The Morgan fingerprint density at radius 1 is 1.42 bits per heavy atom. The third-order valence-corrected chi connectivity index (χ3v) is 4.79. The van der Waals surface area contributed by atoms with Crippen LogP contribution in [0, 0.1) is 11.7 Å². The van der Waals surface area contributed by atoms with Crippen LogP contribution in [0.3, 0.4) is 0 Å². The molecule has 5 heteroatoms. The second-order valence-corrected chi connectivity index (χ2v) is 6.10. The predicted molar refractivity (Wildman–Crippen MR) is 74.5 cm³/mol. The highest BCUT2D eigenvalue weighted by Crippen LogP contribution is 2.29. The number of rotatable bonds is 1. The van der Waals surface area contributed by atoms with Gasteiger partial charge in [-0.15, -0.1) is 0 Å². The SMILES string of the molecule is O=C(c1cc(F)ccc1Br)N1CCCC2CNCC21. The van der Waals surface area contributed by atoms with E-state index in [-0.39, 0.29) is 17.8 Å². The van der Waals surface area contributed by atoms with Crippen LogP contribution in [0.25, 0.3) is 0 Å². The van der Waals surface area contributed by atoms with E-state index >= 15 is 0 Å². The summed E-state index contributed by atoms with van der Waals surface area (Å²) in [5.41, 5.74) is 0.424. The van der Waals surface area contributed by atoms with Crippen LogP contribution >= 0.6 is 15.9 Å². The third kappa shape index (κ3) is 2.41. The number of carbonyl (C=O) groups excluding carboxylic acids is 1. The Kier molecular flexibility index (Phi) is 3.58. The number of hydrogen-bond acceptors (Lipinski definition) is 2. The van der Waals surface area contributed by atoms with Gasteiger partial charge in [0.1, 0.15) is 5.82 Å². The molecule has 2 saturated heterocycles. The normalized spacial score (nSPS) is 26.3. The fraction of sp³-hybridized carbons (Fsp3) is 0.500. The van der Waals surface area contributed by atoms with Gasteiger partial charge in [0, 0.05) is 30.1 Å². The molecule has 1 N–H and O–H groups in total. The maximum absolute atomic E-state index is 13.3. The number of amides is 1. The first-order chi connectivity index (χ1) is 9.16. The lowest BCUT2D eigenvalue weighted by molar-refractivity contribution is 0.0573. The van der Waals surface area contributed by atoms with Gasteiger partial charge in [-0.1, -0.05) is 0 Å². The van der Waals surface area contributed by atoms with Gasteiger partial charge in [-0.2, -0.15) is 0 Å². The van der Waals surface area contributed by atoms with Gasteiger partial charge in [-0.25, -0.2) is 4.39 Å². The van der Waals surface area contributed by atoms with Crippen molar-refractivity contribution in [3.63, 3.8) is 0 Å². The summed E-state index contributed by atoms with van der Waals surface area (Å²) in [7, 11) is 0. The molecule has 0 spiro atoms. The average Bonchev–Trinajstić information content (AvgIpc) is 2.89. The van der Waals surface area contributed by atoms with Gasteiger partial charge in [0.05, 0.1) is 5.56 Å². The van der Waals surface area contributed by atoms with Crippen LogP contribution in [0.2, 0.25) is 0 Å². The average molecular weight is 327 g/mol. The van der Waals surface area contributed by atoms with E-state index in [0.29, 0.717) is 16.0 Å². The van der Waals surface area contributed by atoms with Crippen LogP contribution in [0.1, 0.15) is 23.2 Å². The van der Waals surface area contributed by atoms with E-state index in [1.807, 2.05) is 4.90 Å². The summed E-state index contributed by atoms with van der Waals surface area (Å²) in [6.45, 7) is 2.60. The van der Waals surface area contributed by atoms with Crippen molar-refractivity contribution in [2.75, 3.05) is 19.6 Å². The minimum absolute atomic E-state index is 0.0650. The zero-order valence-electron chi connectivity index (χ0n) is 10.5. The summed E-state index contributed by atoms with van der Waals surface area (Å²) in [4.78, 5) is 14.5. The van der Waals surface area contributed by atoms with Crippen LogP contribution in [-0.4, -0.2) is 36.5 Å². The summed E-state index contributed by atoms with van der Waals surface area (Å²) in [5.74, 6) is 0.111. The molecule has 102 valence electrons. The lowest BCUT2D eigenvalue weighted by Crippen LogP contribution is -2.48. The summed E-state index contributed by atoms with van der Waals surface area (Å²) in [5, 5.41) is 3.35. The second-order valence-electron chi connectivity index (χ2n) is 5.25. The quantitative estimate of drug-likeness (QED) is 0.859. The minimum atomic E-state index is -0.371. The van der Waals surface area contributed by atoms with Crippen molar-refractivity contribution >= 4 is 21.8 Å². The van der Waals surface area contributed by atoms with E-state index in [4.69, 9.17) is 0 Å². The maximum atomic E-state index is 13.3. The molecule has 1 aromatic carbocycles. The van der Waals surface area contributed by atoms with Gasteiger partial charge in [-0.05, 0) is 52.9 Å². The van der Waals surface area contributed by atoms with Crippen molar-refractivity contribution in [1.29, 1.82) is 0 Å². The van der Waals surface area contributed by atoms with Crippen molar-refractivity contribution in [2.45, 2.75) is 18.9 Å². The molecule has 0 aromatic heterocycles. The van der Waals surface area contributed by atoms with Crippen LogP contribution in [0.4, 0.5) is 4.39 Å². The first-order valence-corrected chi connectivity index (χ1v) is 7.43. The number of piperidine rings is 1. The summed E-state index contributed by atoms with van der Waals surface area (Å²) >= 11 is 3.34. The number of hydrogen-bond donors (Lipinski definition) is 1. The molecule has 2 unspecified atom stereocenters. The Hall–Kier alpha value is -0.940. The van der Waals surface area contributed by atoms with Crippen molar-refractivity contribution in [3.8, 4) is 0 Å². The minimum Gasteiger partial charge on any atom is -0.334 e. The molecule has 1 aromatic rings. The molecule has 2 heterocycles. The Morgan fingerprint density at radius 3 is 3.11 bits per heavy atom. The van der Waals surface area contributed by atoms with Crippen LogP contribution in [-0.2, 0) is 0 Å². The summed E-state index contributed by atoms with van der Waals surface area (Å²) in [6, 6.07) is 4.53. The number of fused-ring (bicyclic) bond motifs is 1. The third-order valence-electron chi connectivity index (χ3n) is 4.10. The van der Waals surface area contributed by atoms with Gasteiger partial charge in [-0.3, -0.25) is 4.79 Å². The second kappa shape index (κ2) is 5.21. The van der Waals surface area contributed by atoms with Crippen molar-refractivity contribution in [1.82, 2.24) is 10.2 Å². The van der Waals surface area contributed by atoms with Crippen LogP contribution in [0.5, 0.6) is 0 Å². The number of benzene rings is 1. The molecule has 1 amide bonds. The smallest absolute Gasteiger partial charge is 0.255 e. The first kappa shape index (κ1) is 13.1. The van der Waals surface area contributed by atoms with Gasteiger partial charge >= 0.3 is 0 Å². The number of nitrogens with zero attached hydrogens (tertiary/aromatic N) is 1. The lowest BCUT2D eigenvalue weighted by atomic mass is 9.91. The molecule has 19 heavy (non-hydrogen) atoms. The van der Waals surface area contributed by atoms with Crippen LogP contribution in [0.15, 0.2) is 22.7 Å². The molecule has 2 atom stereocenters. The number of nitrogens with one attached hydrogen (secondary N) is 1. The fourth-order valence-electron chi connectivity index (χ4n) is 3.14. The van der Waals surface area contributed by atoms with E-state index < -0.39 is 0 Å². The Labute approximate surface area is 120 Å².